The van der Waals surface area contributed by atoms with E-state index in [2.05, 4.69) is 21.2 Å². The molecule has 5 nitrogen and oxygen atoms in total. The van der Waals surface area contributed by atoms with Gasteiger partial charge in [-0.3, -0.25) is 10.1 Å². The summed E-state index contributed by atoms with van der Waals surface area (Å²) in [4.78, 5) is 11.5. The summed E-state index contributed by atoms with van der Waals surface area (Å²) in [7, 11) is 0. The second-order valence-corrected chi connectivity index (χ2v) is 5.50. The Bertz CT molecular complexity index is 663. The number of nitriles is 1. The first-order chi connectivity index (χ1) is 9.11. The summed E-state index contributed by atoms with van der Waals surface area (Å²) >= 11 is 4.95. The van der Waals surface area contributed by atoms with Gasteiger partial charge in [0.25, 0.3) is 5.69 Å². The fraction of sp³-hybridized carbons (Fsp3) is 0.0833. The van der Waals surface area contributed by atoms with Gasteiger partial charge in [0.05, 0.1) is 23.1 Å². The van der Waals surface area contributed by atoms with Gasteiger partial charge in [-0.2, -0.15) is 5.26 Å². The minimum Gasteiger partial charge on any atom is -0.375 e. The monoisotopic (exact) mass is 337 g/mol. The lowest BCUT2D eigenvalue weighted by Gasteiger charge is -2.06. The number of benzene rings is 1. The first kappa shape index (κ1) is 13.5. The highest BCUT2D eigenvalue weighted by Crippen LogP contribution is 2.28. The van der Waals surface area contributed by atoms with Crippen molar-refractivity contribution in [1.82, 2.24) is 0 Å². The van der Waals surface area contributed by atoms with E-state index >= 15 is 0 Å². The number of nitro benzene ring substituents is 1. The molecule has 2 aromatic rings. The number of nitrogens with one attached hydrogen (secondary N) is 1. The van der Waals surface area contributed by atoms with E-state index < -0.39 is 4.92 Å². The number of anilines is 1. The van der Waals surface area contributed by atoms with Gasteiger partial charge in [-0.1, -0.05) is 0 Å². The molecule has 1 N–H and O–H groups in total. The first-order valence-corrected chi connectivity index (χ1v) is 6.93. The third-order valence-electron chi connectivity index (χ3n) is 2.45. The van der Waals surface area contributed by atoms with Gasteiger partial charge in [0.1, 0.15) is 5.69 Å². The number of halogens is 1. The number of nitrogens with zero attached hydrogens (tertiary/aromatic N) is 2. The fourth-order valence-electron chi connectivity index (χ4n) is 1.53. The van der Waals surface area contributed by atoms with Crippen molar-refractivity contribution in [2.45, 2.75) is 6.54 Å². The van der Waals surface area contributed by atoms with E-state index in [0.717, 1.165) is 9.35 Å². The molecule has 0 aliphatic carbocycles. The predicted molar refractivity (Wildman–Crippen MR) is 77.2 cm³/mol. The van der Waals surface area contributed by atoms with E-state index in [1.165, 1.54) is 18.2 Å². The second-order valence-electron chi connectivity index (χ2n) is 3.65. The minimum absolute atomic E-state index is 0.0355. The number of rotatable bonds is 4. The lowest BCUT2D eigenvalue weighted by Crippen LogP contribution is -2.02. The molecular weight excluding hydrogens is 330 g/mol. The van der Waals surface area contributed by atoms with Crippen molar-refractivity contribution < 1.29 is 4.92 Å². The van der Waals surface area contributed by atoms with Crippen LogP contribution in [0.25, 0.3) is 0 Å². The van der Waals surface area contributed by atoms with Crippen molar-refractivity contribution in [3.05, 3.63) is 54.7 Å². The van der Waals surface area contributed by atoms with Crippen LogP contribution in [0.2, 0.25) is 0 Å². The Labute approximate surface area is 121 Å². The van der Waals surface area contributed by atoms with Gasteiger partial charge in [-0.15, -0.1) is 11.3 Å². The Balaban J connectivity index is 2.25. The number of nitro groups is 1. The molecule has 1 heterocycles. The van der Waals surface area contributed by atoms with Gasteiger partial charge in [-0.25, -0.2) is 0 Å². The fourth-order valence-corrected chi connectivity index (χ4v) is 2.97. The molecule has 0 aliphatic heterocycles. The van der Waals surface area contributed by atoms with Crippen LogP contribution in [-0.4, -0.2) is 4.92 Å². The Hall–Kier alpha value is -1.91. The zero-order valence-electron chi connectivity index (χ0n) is 9.59. The van der Waals surface area contributed by atoms with Crippen LogP contribution in [-0.2, 0) is 6.54 Å². The van der Waals surface area contributed by atoms with Crippen LogP contribution in [0.15, 0.2) is 34.1 Å². The lowest BCUT2D eigenvalue weighted by molar-refractivity contribution is -0.384. The van der Waals surface area contributed by atoms with Crippen LogP contribution in [0.1, 0.15) is 10.4 Å². The van der Waals surface area contributed by atoms with Crippen LogP contribution < -0.4 is 5.32 Å². The first-order valence-electron chi connectivity index (χ1n) is 5.26. The number of thiophene rings is 1. The van der Waals surface area contributed by atoms with E-state index in [9.17, 15) is 10.1 Å². The SMILES string of the molecule is N#Cc1ccc([N+](=O)[O-])c(NCc2sccc2Br)c1. The number of hydrogen-bond donors (Lipinski definition) is 1. The zero-order chi connectivity index (χ0) is 13.8. The molecule has 2 rings (SSSR count). The molecule has 0 unspecified atom stereocenters. The maximum Gasteiger partial charge on any atom is 0.292 e. The Kier molecular flexibility index (Phi) is 4.14. The Morgan fingerprint density at radius 3 is 2.84 bits per heavy atom. The summed E-state index contributed by atoms with van der Waals surface area (Å²) in [5.74, 6) is 0. The maximum absolute atomic E-state index is 10.9. The zero-order valence-corrected chi connectivity index (χ0v) is 12.0. The molecule has 0 fully saturated rings. The molecule has 0 aliphatic rings. The Morgan fingerprint density at radius 1 is 1.47 bits per heavy atom. The molecule has 96 valence electrons. The van der Waals surface area contributed by atoms with Crippen molar-refractivity contribution in [1.29, 1.82) is 5.26 Å². The summed E-state index contributed by atoms with van der Waals surface area (Å²) < 4.78 is 0.962. The summed E-state index contributed by atoms with van der Waals surface area (Å²) in [6.07, 6.45) is 0. The smallest absolute Gasteiger partial charge is 0.292 e. The van der Waals surface area contributed by atoms with Gasteiger partial charge >= 0.3 is 0 Å². The van der Waals surface area contributed by atoms with Crippen molar-refractivity contribution in [2.75, 3.05) is 5.32 Å². The third-order valence-corrected chi connectivity index (χ3v) is 4.38. The van der Waals surface area contributed by atoms with Crippen molar-refractivity contribution in [2.24, 2.45) is 0 Å². The molecule has 7 heteroatoms. The van der Waals surface area contributed by atoms with Gasteiger partial charge in [-0.05, 0) is 39.5 Å². The van der Waals surface area contributed by atoms with Gasteiger partial charge in [0.2, 0.25) is 0 Å². The standard InChI is InChI=1S/C12H8BrN3O2S/c13-9-3-4-19-12(9)7-15-10-5-8(6-14)1-2-11(10)16(17)18/h1-5,15H,7H2. The molecule has 0 spiro atoms. The molecule has 0 saturated heterocycles. The molecule has 0 bridgehead atoms. The predicted octanol–water partition coefficient (Wildman–Crippen LogP) is 3.90. The Morgan fingerprint density at radius 2 is 2.26 bits per heavy atom. The quantitative estimate of drug-likeness (QED) is 0.677. The van der Waals surface area contributed by atoms with Crippen molar-refractivity contribution in [3.63, 3.8) is 0 Å². The molecule has 0 atom stereocenters. The van der Waals surface area contributed by atoms with E-state index in [1.807, 2.05) is 17.5 Å². The highest BCUT2D eigenvalue weighted by atomic mass is 79.9. The van der Waals surface area contributed by atoms with Gasteiger partial charge < -0.3 is 5.32 Å². The van der Waals surface area contributed by atoms with Gasteiger partial charge in [0.15, 0.2) is 0 Å². The summed E-state index contributed by atoms with van der Waals surface area (Å²) in [6, 6.07) is 8.15. The molecule has 1 aromatic carbocycles. The largest absolute Gasteiger partial charge is 0.375 e. The normalized spacial score (nSPS) is 9.89. The van der Waals surface area contributed by atoms with Gasteiger partial charge in [0, 0.05) is 15.4 Å². The van der Waals surface area contributed by atoms with Crippen LogP contribution in [0.5, 0.6) is 0 Å². The van der Waals surface area contributed by atoms with Crippen LogP contribution in [0.4, 0.5) is 11.4 Å². The molecule has 0 amide bonds. The number of hydrogen-bond acceptors (Lipinski definition) is 5. The molecule has 19 heavy (non-hydrogen) atoms. The van der Waals surface area contributed by atoms with E-state index in [-0.39, 0.29) is 5.69 Å². The molecule has 1 aromatic heterocycles. The van der Waals surface area contributed by atoms with Crippen molar-refractivity contribution in [3.8, 4) is 6.07 Å². The lowest BCUT2D eigenvalue weighted by atomic mass is 10.2. The van der Waals surface area contributed by atoms with Crippen LogP contribution >= 0.6 is 27.3 Å². The highest BCUT2D eigenvalue weighted by Gasteiger charge is 2.14. The minimum atomic E-state index is -0.465. The van der Waals surface area contributed by atoms with E-state index in [4.69, 9.17) is 5.26 Å². The topological polar surface area (TPSA) is 79.0 Å². The van der Waals surface area contributed by atoms with Crippen LogP contribution in [0.3, 0.4) is 0 Å². The average Bonchev–Trinajstić information content (AvgIpc) is 2.81. The highest BCUT2D eigenvalue weighted by molar-refractivity contribution is 9.10. The average molecular weight is 338 g/mol. The summed E-state index contributed by atoms with van der Waals surface area (Å²) in [6.45, 7) is 0.466. The van der Waals surface area contributed by atoms with Crippen molar-refractivity contribution >= 4 is 38.6 Å². The third kappa shape index (κ3) is 3.10. The molecule has 0 saturated carbocycles. The second kappa shape index (κ2) is 5.82. The van der Waals surface area contributed by atoms with E-state index in [0.29, 0.717) is 17.8 Å². The molecule has 0 radical (unpaired) electrons. The summed E-state index contributed by atoms with van der Waals surface area (Å²) in [5.41, 5.74) is 0.703. The maximum atomic E-state index is 10.9. The molecular formula is C12H8BrN3O2S. The van der Waals surface area contributed by atoms with Crippen LogP contribution in [0, 0.1) is 21.4 Å². The summed E-state index contributed by atoms with van der Waals surface area (Å²) in [5, 5.41) is 24.7. The van der Waals surface area contributed by atoms with E-state index in [1.54, 1.807) is 11.3 Å².